The molecule has 0 atom stereocenters. The molecule has 0 fully saturated rings. The number of ether oxygens (including phenoxy) is 1. The lowest BCUT2D eigenvalue weighted by Crippen LogP contribution is -2.00. The molecule has 0 aliphatic carbocycles. The second-order valence-corrected chi connectivity index (χ2v) is 3.73. The molecule has 0 saturated heterocycles. The van der Waals surface area contributed by atoms with E-state index in [1.54, 1.807) is 24.3 Å². The molecular weight excluding hydrogens is 226 g/mol. The highest BCUT2D eigenvalue weighted by Crippen LogP contribution is 2.23. The van der Waals surface area contributed by atoms with E-state index < -0.39 is 0 Å². The van der Waals surface area contributed by atoms with Gasteiger partial charge in [0, 0.05) is 0 Å². The van der Waals surface area contributed by atoms with E-state index in [4.69, 9.17) is 6.57 Å². The molecule has 0 spiro atoms. The number of rotatable bonds is 2. The minimum Gasteiger partial charge on any atom is -0.465 e. The van der Waals surface area contributed by atoms with Gasteiger partial charge >= 0.3 is 5.97 Å². The Bertz CT molecular complexity index is 592. The van der Waals surface area contributed by atoms with Crippen LogP contribution in [0.2, 0.25) is 0 Å². The molecule has 0 N–H and O–H groups in total. The molecule has 0 bridgehead atoms. The Hall–Kier alpha value is -2.60. The van der Waals surface area contributed by atoms with Crippen LogP contribution in [0.15, 0.2) is 48.5 Å². The molecule has 2 rings (SSSR count). The first-order chi connectivity index (χ1) is 8.74. The maximum absolute atomic E-state index is 11.3. The standard InChI is InChI=1S/C15H11NO2/c1-16-14-9-7-12(8-10-14)11-3-5-13(6-4-11)15(17)18-2/h3-10H,2H3. The summed E-state index contributed by atoms with van der Waals surface area (Å²) in [5, 5.41) is 0. The molecule has 0 aliphatic rings. The van der Waals surface area contributed by atoms with Crippen LogP contribution in [-0.2, 0) is 4.74 Å². The number of carbonyl (C=O) groups is 1. The van der Waals surface area contributed by atoms with Crippen molar-refractivity contribution in [3.63, 3.8) is 0 Å². The van der Waals surface area contributed by atoms with Crippen LogP contribution in [-0.4, -0.2) is 13.1 Å². The van der Waals surface area contributed by atoms with E-state index >= 15 is 0 Å². The minimum absolute atomic E-state index is 0.343. The van der Waals surface area contributed by atoms with E-state index in [1.165, 1.54) is 7.11 Å². The first kappa shape index (κ1) is 11.9. The van der Waals surface area contributed by atoms with E-state index in [1.807, 2.05) is 24.3 Å². The van der Waals surface area contributed by atoms with Crippen LogP contribution in [0.3, 0.4) is 0 Å². The Morgan fingerprint density at radius 2 is 1.50 bits per heavy atom. The summed E-state index contributed by atoms with van der Waals surface area (Å²) in [7, 11) is 1.36. The third-order valence-electron chi connectivity index (χ3n) is 2.64. The fraction of sp³-hybridized carbons (Fsp3) is 0.0667. The van der Waals surface area contributed by atoms with E-state index in [-0.39, 0.29) is 5.97 Å². The Morgan fingerprint density at radius 1 is 1.00 bits per heavy atom. The molecule has 0 amide bonds. The largest absolute Gasteiger partial charge is 0.465 e. The van der Waals surface area contributed by atoms with Crippen LogP contribution in [0, 0.1) is 6.57 Å². The fourth-order valence-electron chi connectivity index (χ4n) is 1.65. The van der Waals surface area contributed by atoms with Crippen LogP contribution in [0.1, 0.15) is 10.4 Å². The smallest absolute Gasteiger partial charge is 0.337 e. The van der Waals surface area contributed by atoms with Crippen molar-refractivity contribution in [2.75, 3.05) is 7.11 Å². The van der Waals surface area contributed by atoms with Crippen molar-refractivity contribution in [3.05, 3.63) is 65.5 Å². The van der Waals surface area contributed by atoms with E-state index in [0.717, 1.165) is 11.1 Å². The average Bonchev–Trinajstić information content (AvgIpc) is 2.47. The molecule has 0 radical (unpaired) electrons. The SMILES string of the molecule is [C-]#[N+]c1ccc(-c2ccc(C(=O)OC)cc2)cc1. The number of esters is 1. The predicted molar refractivity (Wildman–Crippen MR) is 69.5 cm³/mol. The molecule has 0 aromatic heterocycles. The Morgan fingerprint density at radius 3 is 1.94 bits per heavy atom. The average molecular weight is 237 g/mol. The van der Waals surface area contributed by atoms with Crippen molar-refractivity contribution >= 4 is 11.7 Å². The first-order valence-corrected chi connectivity index (χ1v) is 5.41. The normalized spacial score (nSPS) is 9.56. The molecule has 0 unspecified atom stereocenters. The summed E-state index contributed by atoms with van der Waals surface area (Å²) in [6.45, 7) is 6.89. The molecule has 3 heteroatoms. The molecule has 18 heavy (non-hydrogen) atoms. The Balaban J connectivity index is 2.29. The highest BCUT2D eigenvalue weighted by Gasteiger charge is 2.05. The topological polar surface area (TPSA) is 30.7 Å². The molecule has 0 aliphatic heterocycles. The third-order valence-corrected chi connectivity index (χ3v) is 2.64. The summed E-state index contributed by atoms with van der Waals surface area (Å²) in [4.78, 5) is 14.6. The molecular formula is C15H11NO2. The summed E-state index contributed by atoms with van der Waals surface area (Å²) in [5.41, 5.74) is 3.15. The number of benzene rings is 2. The van der Waals surface area contributed by atoms with Crippen molar-refractivity contribution < 1.29 is 9.53 Å². The van der Waals surface area contributed by atoms with E-state index in [9.17, 15) is 4.79 Å². The molecule has 0 heterocycles. The summed E-state index contributed by atoms with van der Waals surface area (Å²) >= 11 is 0. The van der Waals surface area contributed by atoms with Crippen molar-refractivity contribution in [2.45, 2.75) is 0 Å². The van der Waals surface area contributed by atoms with Crippen molar-refractivity contribution in [1.82, 2.24) is 0 Å². The maximum Gasteiger partial charge on any atom is 0.337 e. The van der Waals surface area contributed by atoms with Gasteiger partial charge in [0.05, 0.1) is 19.2 Å². The second-order valence-electron chi connectivity index (χ2n) is 3.73. The van der Waals surface area contributed by atoms with Crippen LogP contribution < -0.4 is 0 Å². The number of carbonyl (C=O) groups excluding carboxylic acids is 1. The summed E-state index contributed by atoms with van der Waals surface area (Å²) in [6, 6.07) is 14.5. The minimum atomic E-state index is -0.343. The van der Waals surface area contributed by atoms with Crippen LogP contribution in [0.4, 0.5) is 5.69 Å². The van der Waals surface area contributed by atoms with E-state index in [0.29, 0.717) is 11.3 Å². The second kappa shape index (κ2) is 5.15. The van der Waals surface area contributed by atoms with Gasteiger partial charge in [-0.3, -0.25) is 0 Å². The van der Waals surface area contributed by atoms with Gasteiger partial charge in [-0.1, -0.05) is 36.4 Å². The quantitative estimate of drug-likeness (QED) is 0.589. The third kappa shape index (κ3) is 2.38. The van der Waals surface area contributed by atoms with Crippen LogP contribution in [0.25, 0.3) is 16.0 Å². The summed E-state index contributed by atoms with van der Waals surface area (Å²) < 4.78 is 4.64. The Kier molecular flexibility index (Phi) is 3.40. The lowest BCUT2D eigenvalue weighted by molar-refractivity contribution is 0.0601. The van der Waals surface area contributed by atoms with Gasteiger partial charge in [-0.05, 0) is 23.3 Å². The van der Waals surface area contributed by atoms with Crippen molar-refractivity contribution in [3.8, 4) is 11.1 Å². The van der Waals surface area contributed by atoms with Gasteiger partial charge in [-0.25, -0.2) is 9.64 Å². The highest BCUT2D eigenvalue weighted by molar-refractivity contribution is 5.90. The monoisotopic (exact) mass is 237 g/mol. The number of hydrogen-bond acceptors (Lipinski definition) is 2. The lowest BCUT2D eigenvalue weighted by atomic mass is 10.0. The van der Waals surface area contributed by atoms with Gasteiger partial charge in [0.2, 0.25) is 0 Å². The molecule has 0 saturated carbocycles. The maximum atomic E-state index is 11.3. The lowest BCUT2D eigenvalue weighted by Gasteiger charge is -2.03. The zero-order chi connectivity index (χ0) is 13.0. The zero-order valence-electron chi connectivity index (χ0n) is 9.88. The zero-order valence-corrected chi connectivity index (χ0v) is 9.88. The molecule has 2 aromatic rings. The Labute approximate surface area is 105 Å². The van der Waals surface area contributed by atoms with E-state index in [2.05, 4.69) is 9.58 Å². The number of nitrogens with zero attached hydrogens (tertiary/aromatic N) is 1. The van der Waals surface area contributed by atoms with Crippen molar-refractivity contribution in [1.29, 1.82) is 0 Å². The van der Waals surface area contributed by atoms with Gasteiger partial charge in [0.1, 0.15) is 0 Å². The fourth-order valence-corrected chi connectivity index (χ4v) is 1.65. The van der Waals surface area contributed by atoms with Crippen LogP contribution >= 0.6 is 0 Å². The number of hydrogen-bond donors (Lipinski definition) is 0. The predicted octanol–water partition coefficient (Wildman–Crippen LogP) is 3.69. The van der Waals surface area contributed by atoms with Gasteiger partial charge in [0.15, 0.2) is 5.69 Å². The first-order valence-electron chi connectivity index (χ1n) is 5.41. The van der Waals surface area contributed by atoms with Crippen LogP contribution in [0.5, 0.6) is 0 Å². The highest BCUT2D eigenvalue weighted by atomic mass is 16.5. The summed E-state index contributed by atoms with van der Waals surface area (Å²) in [6.07, 6.45) is 0. The molecule has 2 aromatic carbocycles. The summed E-state index contributed by atoms with van der Waals surface area (Å²) in [5.74, 6) is -0.343. The van der Waals surface area contributed by atoms with Gasteiger partial charge in [0.25, 0.3) is 0 Å². The molecule has 3 nitrogen and oxygen atoms in total. The van der Waals surface area contributed by atoms with Gasteiger partial charge in [-0.15, -0.1) is 0 Å². The molecule has 88 valence electrons. The van der Waals surface area contributed by atoms with Crippen molar-refractivity contribution in [2.24, 2.45) is 0 Å². The van der Waals surface area contributed by atoms with Gasteiger partial charge in [-0.2, -0.15) is 0 Å². The number of methoxy groups -OCH3 is 1. The van der Waals surface area contributed by atoms with Gasteiger partial charge < -0.3 is 4.74 Å².